The lowest BCUT2D eigenvalue weighted by Crippen LogP contribution is -2.57. The van der Waals surface area contributed by atoms with Crippen molar-refractivity contribution in [3.63, 3.8) is 0 Å². The number of carbonyl (C=O) groups is 1. The lowest BCUT2D eigenvalue weighted by molar-refractivity contribution is -0.147. The summed E-state index contributed by atoms with van der Waals surface area (Å²) in [7, 11) is 0. The molecule has 0 radical (unpaired) electrons. The summed E-state index contributed by atoms with van der Waals surface area (Å²) in [6.07, 6.45) is 3.20. The van der Waals surface area contributed by atoms with Gasteiger partial charge in [-0.3, -0.25) is 14.8 Å². The molecule has 0 aromatic carbocycles. The Balaban J connectivity index is 2.30. The maximum Gasteiger partial charge on any atom is 0.323 e. The van der Waals surface area contributed by atoms with Crippen LogP contribution >= 0.6 is 0 Å². The number of carboxylic acid groups (broad SMARTS) is 1. The van der Waals surface area contributed by atoms with Gasteiger partial charge < -0.3 is 5.11 Å². The van der Waals surface area contributed by atoms with Gasteiger partial charge in [0, 0.05) is 11.7 Å². The molecule has 0 saturated heterocycles. The van der Waals surface area contributed by atoms with Gasteiger partial charge in [-0.05, 0) is 65.9 Å². The van der Waals surface area contributed by atoms with E-state index in [2.05, 4.69) is 24.3 Å². The van der Waals surface area contributed by atoms with Gasteiger partial charge in [-0.2, -0.15) is 5.10 Å². The summed E-state index contributed by atoms with van der Waals surface area (Å²) < 4.78 is 2.05. The van der Waals surface area contributed by atoms with Crippen LogP contribution in [0.25, 0.3) is 0 Å². The molecule has 0 aliphatic heterocycles. The van der Waals surface area contributed by atoms with E-state index in [0.29, 0.717) is 12.8 Å². The highest BCUT2D eigenvalue weighted by Gasteiger charge is 2.44. The molecule has 5 heteroatoms. The molecule has 1 aliphatic rings. The molecule has 118 valence electrons. The zero-order chi connectivity index (χ0) is 15.8. The molecule has 1 fully saturated rings. The summed E-state index contributed by atoms with van der Waals surface area (Å²) in [6, 6.07) is 0.315. The lowest BCUT2D eigenvalue weighted by Gasteiger charge is -2.40. The predicted octanol–water partition coefficient (Wildman–Crippen LogP) is 2.74. The molecule has 0 bridgehead atoms. The van der Waals surface area contributed by atoms with Crippen LogP contribution in [0.2, 0.25) is 0 Å². The molecule has 2 unspecified atom stereocenters. The number of nitrogens with zero attached hydrogens (tertiary/aromatic N) is 2. The minimum absolute atomic E-state index is 0.155. The van der Waals surface area contributed by atoms with Crippen LogP contribution in [0.4, 0.5) is 0 Å². The number of rotatable bonds is 4. The van der Waals surface area contributed by atoms with Crippen molar-refractivity contribution in [3.05, 3.63) is 17.0 Å². The average Bonchev–Trinajstić information content (AvgIpc) is 2.66. The molecular weight excluding hydrogens is 266 g/mol. The zero-order valence-corrected chi connectivity index (χ0v) is 13.7. The standard InChI is InChI=1S/C16H27N3O2/c1-10(2)17-16(15(20)21)8-6-7-14(9-16)19-13(5)11(3)12(4)18-19/h10,14,17H,6-9H2,1-5H3,(H,20,21). The van der Waals surface area contributed by atoms with Crippen molar-refractivity contribution in [1.82, 2.24) is 15.1 Å². The second kappa shape index (κ2) is 5.79. The Kier molecular flexibility index (Phi) is 4.42. The fourth-order valence-electron chi connectivity index (χ4n) is 3.49. The lowest BCUT2D eigenvalue weighted by atomic mass is 9.78. The largest absolute Gasteiger partial charge is 0.480 e. The Hall–Kier alpha value is -1.36. The van der Waals surface area contributed by atoms with Crippen LogP contribution in [0, 0.1) is 20.8 Å². The molecule has 2 atom stereocenters. The average molecular weight is 293 g/mol. The van der Waals surface area contributed by atoms with Crippen LogP contribution in [-0.4, -0.2) is 32.4 Å². The van der Waals surface area contributed by atoms with Crippen molar-refractivity contribution in [3.8, 4) is 0 Å². The van der Waals surface area contributed by atoms with Crippen LogP contribution in [0.15, 0.2) is 0 Å². The van der Waals surface area contributed by atoms with E-state index in [1.807, 2.05) is 25.5 Å². The van der Waals surface area contributed by atoms with Crippen molar-refractivity contribution in [2.24, 2.45) is 0 Å². The van der Waals surface area contributed by atoms with Crippen LogP contribution in [0.5, 0.6) is 0 Å². The highest BCUT2D eigenvalue weighted by molar-refractivity contribution is 5.79. The monoisotopic (exact) mass is 293 g/mol. The first-order valence-electron chi connectivity index (χ1n) is 7.80. The number of aryl methyl sites for hydroxylation is 1. The summed E-state index contributed by atoms with van der Waals surface area (Å²) >= 11 is 0. The van der Waals surface area contributed by atoms with Crippen molar-refractivity contribution >= 4 is 5.97 Å². The summed E-state index contributed by atoms with van der Waals surface area (Å²) in [5.74, 6) is -0.737. The molecule has 1 aromatic heterocycles. The summed E-state index contributed by atoms with van der Waals surface area (Å²) in [6.45, 7) is 10.2. The molecule has 1 aromatic rings. The van der Waals surface area contributed by atoms with Gasteiger partial charge in [-0.15, -0.1) is 0 Å². The second-order valence-electron chi connectivity index (χ2n) is 6.68. The summed E-state index contributed by atoms with van der Waals surface area (Å²) in [4.78, 5) is 11.9. The first-order chi connectivity index (χ1) is 9.77. The molecule has 2 N–H and O–H groups in total. The predicted molar refractivity (Wildman–Crippen MR) is 82.6 cm³/mol. The minimum atomic E-state index is -0.822. The van der Waals surface area contributed by atoms with E-state index in [-0.39, 0.29) is 12.1 Å². The third kappa shape index (κ3) is 2.98. The van der Waals surface area contributed by atoms with Gasteiger partial charge in [0.25, 0.3) is 0 Å². The molecule has 1 saturated carbocycles. The van der Waals surface area contributed by atoms with E-state index < -0.39 is 11.5 Å². The third-order valence-corrected chi connectivity index (χ3v) is 4.73. The van der Waals surface area contributed by atoms with Crippen LogP contribution in [-0.2, 0) is 4.79 Å². The van der Waals surface area contributed by atoms with Crippen LogP contribution in [0.3, 0.4) is 0 Å². The van der Waals surface area contributed by atoms with Crippen molar-refractivity contribution in [1.29, 1.82) is 0 Å². The summed E-state index contributed by atoms with van der Waals surface area (Å²) in [5.41, 5.74) is 2.58. The highest BCUT2D eigenvalue weighted by atomic mass is 16.4. The van der Waals surface area contributed by atoms with Gasteiger partial charge in [0.15, 0.2) is 0 Å². The van der Waals surface area contributed by atoms with Crippen molar-refractivity contribution < 1.29 is 9.90 Å². The van der Waals surface area contributed by atoms with Crippen molar-refractivity contribution in [2.75, 3.05) is 0 Å². The maximum atomic E-state index is 11.9. The SMILES string of the molecule is Cc1nn(C2CCCC(NC(C)C)(C(=O)O)C2)c(C)c1C. The van der Waals surface area contributed by atoms with E-state index in [1.54, 1.807) is 0 Å². The molecule has 5 nitrogen and oxygen atoms in total. The first-order valence-corrected chi connectivity index (χ1v) is 7.80. The Bertz CT molecular complexity index is 536. The normalized spacial score (nSPS) is 26.3. The number of hydrogen-bond acceptors (Lipinski definition) is 3. The van der Waals surface area contributed by atoms with E-state index in [0.717, 1.165) is 24.2 Å². The van der Waals surface area contributed by atoms with Crippen LogP contribution < -0.4 is 5.32 Å². The van der Waals surface area contributed by atoms with Gasteiger partial charge >= 0.3 is 5.97 Å². The molecule has 1 aliphatic carbocycles. The second-order valence-corrected chi connectivity index (χ2v) is 6.68. The topological polar surface area (TPSA) is 67.2 Å². The number of nitrogens with one attached hydrogen (secondary N) is 1. The van der Waals surface area contributed by atoms with Gasteiger partial charge in [0.05, 0.1) is 11.7 Å². The van der Waals surface area contributed by atoms with Gasteiger partial charge in [-0.1, -0.05) is 0 Å². The highest BCUT2D eigenvalue weighted by Crippen LogP contribution is 2.37. The molecule has 2 rings (SSSR count). The first kappa shape index (κ1) is 16.0. The van der Waals surface area contributed by atoms with Gasteiger partial charge in [0.1, 0.15) is 5.54 Å². The quantitative estimate of drug-likeness (QED) is 0.895. The molecule has 21 heavy (non-hydrogen) atoms. The fraction of sp³-hybridized carbons (Fsp3) is 0.750. The van der Waals surface area contributed by atoms with E-state index in [9.17, 15) is 9.90 Å². The number of aromatic nitrogens is 2. The molecule has 0 spiro atoms. The number of carboxylic acids is 1. The van der Waals surface area contributed by atoms with E-state index in [4.69, 9.17) is 0 Å². The van der Waals surface area contributed by atoms with Crippen molar-refractivity contribution in [2.45, 2.75) is 77.9 Å². The molecular formula is C16H27N3O2. The Morgan fingerprint density at radius 3 is 2.57 bits per heavy atom. The van der Waals surface area contributed by atoms with E-state index in [1.165, 1.54) is 5.56 Å². The zero-order valence-electron chi connectivity index (χ0n) is 13.7. The van der Waals surface area contributed by atoms with Crippen LogP contribution in [0.1, 0.15) is 62.5 Å². The Morgan fingerprint density at radius 2 is 2.10 bits per heavy atom. The number of aliphatic carboxylic acids is 1. The number of hydrogen-bond donors (Lipinski definition) is 2. The Labute approximate surface area is 126 Å². The van der Waals surface area contributed by atoms with Gasteiger partial charge in [0.2, 0.25) is 0 Å². The maximum absolute atomic E-state index is 11.9. The third-order valence-electron chi connectivity index (χ3n) is 4.73. The van der Waals surface area contributed by atoms with E-state index >= 15 is 0 Å². The smallest absolute Gasteiger partial charge is 0.323 e. The Morgan fingerprint density at radius 1 is 1.43 bits per heavy atom. The minimum Gasteiger partial charge on any atom is -0.480 e. The summed E-state index contributed by atoms with van der Waals surface area (Å²) in [5, 5.41) is 17.7. The molecule has 1 heterocycles. The van der Waals surface area contributed by atoms with Gasteiger partial charge in [-0.25, -0.2) is 0 Å². The molecule has 0 amide bonds. The fourth-order valence-corrected chi connectivity index (χ4v) is 3.49.